The van der Waals surface area contributed by atoms with Gasteiger partial charge in [0.1, 0.15) is 10.9 Å². The van der Waals surface area contributed by atoms with Crippen LogP contribution in [0.4, 0.5) is 0 Å². The minimum Gasteiger partial charge on any atom is -0.352 e. The molecule has 1 fully saturated rings. The van der Waals surface area contributed by atoms with Gasteiger partial charge in [0.05, 0.1) is 10.0 Å². The Labute approximate surface area is 165 Å². The highest BCUT2D eigenvalue weighted by molar-refractivity contribution is 7.89. The number of halogens is 2. The summed E-state index contributed by atoms with van der Waals surface area (Å²) in [5.74, 6) is -0.532. The van der Waals surface area contributed by atoms with Gasteiger partial charge in [0.15, 0.2) is 0 Å². The third-order valence-corrected chi connectivity index (χ3v) is 7.02. The van der Waals surface area contributed by atoms with Crippen LogP contribution in [0.2, 0.25) is 10.0 Å². The van der Waals surface area contributed by atoms with Crippen molar-refractivity contribution in [2.24, 2.45) is 5.92 Å². The summed E-state index contributed by atoms with van der Waals surface area (Å²) in [6, 6.07) is 3.69. The van der Waals surface area contributed by atoms with Crippen molar-refractivity contribution >= 4 is 39.1 Å². The molecule has 0 spiro atoms. The fourth-order valence-corrected chi connectivity index (χ4v) is 5.66. The summed E-state index contributed by atoms with van der Waals surface area (Å²) in [6.45, 7) is 3.60. The molecule has 1 aromatic carbocycles. The molecule has 2 rings (SSSR count). The van der Waals surface area contributed by atoms with E-state index in [1.165, 1.54) is 25.0 Å². The molecular formula is C18H26Cl2N2O3S. The highest BCUT2D eigenvalue weighted by Gasteiger charge is 2.31. The van der Waals surface area contributed by atoms with Crippen LogP contribution >= 0.6 is 23.2 Å². The topological polar surface area (TPSA) is 75.3 Å². The zero-order chi connectivity index (χ0) is 19.3. The number of hydrogen-bond acceptors (Lipinski definition) is 3. The first-order valence-electron chi connectivity index (χ1n) is 8.99. The number of benzene rings is 1. The number of carbonyl (C=O) groups excluding carboxylic acids is 1. The lowest BCUT2D eigenvalue weighted by Gasteiger charge is -2.25. The lowest BCUT2D eigenvalue weighted by molar-refractivity contribution is -0.124. The van der Waals surface area contributed by atoms with Gasteiger partial charge in [-0.2, -0.15) is 4.72 Å². The second kappa shape index (κ2) is 9.40. The molecule has 0 saturated heterocycles. The van der Waals surface area contributed by atoms with Gasteiger partial charge < -0.3 is 5.32 Å². The number of rotatable bonds is 6. The molecule has 0 bridgehead atoms. The first-order chi connectivity index (χ1) is 12.2. The van der Waals surface area contributed by atoms with Gasteiger partial charge in [0.25, 0.3) is 0 Å². The van der Waals surface area contributed by atoms with E-state index in [4.69, 9.17) is 23.2 Å². The van der Waals surface area contributed by atoms with Crippen LogP contribution in [0.25, 0.3) is 0 Å². The summed E-state index contributed by atoms with van der Waals surface area (Å²) < 4.78 is 28.0. The Morgan fingerprint density at radius 2 is 1.62 bits per heavy atom. The van der Waals surface area contributed by atoms with Crippen molar-refractivity contribution in [1.29, 1.82) is 0 Å². The van der Waals surface area contributed by atoms with E-state index >= 15 is 0 Å². The van der Waals surface area contributed by atoms with E-state index in [-0.39, 0.29) is 32.8 Å². The third-order valence-electron chi connectivity index (χ3n) is 4.62. The fraction of sp³-hybridized carbons (Fsp3) is 0.611. The largest absolute Gasteiger partial charge is 0.352 e. The molecule has 1 atom stereocenters. The van der Waals surface area contributed by atoms with Crippen molar-refractivity contribution in [2.45, 2.75) is 69.4 Å². The number of sulfonamides is 1. The highest BCUT2D eigenvalue weighted by Crippen LogP contribution is 2.29. The Morgan fingerprint density at radius 1 is 1.08 bits per heavy atom. The van der Waals surface area contributed by atoms with Gasteiger partial charge in [0, 0.05) is 6.04 Å². The quantitative estimate of drug-likeness (QED) is 0.678. The molecule has 5 nitrogen and oxygen atoms in total. The summed E-state index contributed by atoms with van der Waals surface area (Å²) in [4.78, 5) is 12.5. The maximum atomic E-state index is 12.8. The molecule has 1 saturated carbocycles. The van der Waals surface area contributed by atoms with Crippen LogP contribution in [0, 0.1) is 5.92 Å². The summed E-state index contributed by atoms with van der Waals surface area (Å²) in [7, 11) is -4.03. The summed E-state index contributed by atoms with van der Waals surface area (Å²) in [5, 5.41) is 3.06. The molecule has 0 radical (unpaired) electrons. The van der Waals surface area contributed by atoms with Crippen molar-refractivity contribution in [3.63, 3.8) is 0 Å². The van der Waals surface area contributed by atoms with Gasteiger partial charge in [-0.15, -0.1) is 0 Å². The zero-order valence-electron chi connectivity index (χ0n) is 15.1. The standard InChI is InChI=1S/C18H26Cl2N2O3S/c1-12(2)16(18(23)21-13-8-5-3-4-6-9-13)22-26(24,25)17-14(19)10-7-11-15(17)20/h7,10-13,16,22H,3-6,8-9H2,1-2H3,(H,21,23)/t16-/m0/s1. The Morgan fingerprint density at radius 3 is 2.12 bits per heavy atom. The van der Waals surface area contributed by atoms with Gasteiger partial charge in [-0.3, -0.25) is 4.79 Å². The van der Waals surface area contributed by atoms with Crippen LogP contribution in [-0.2, 0) is 14.8 Å². The molecule has 146 valence electrons. The lowest BCUT2D eigenvalue weighted by Crippen LogP contribution is -2.52. The average molecular weight is 421 g/mol. The van der Waals surface area contributed by atoms with Crippen LogP contribution in [0.3, 0.4) is 0 Å². The molecule has 8 heteroatoms. The smallest absolute Gasteiger partial charge is 0.244 e. The molecule has 0 heterocycles. The predicted molar refractivity (Wildman–Crippen MR) is 105 cm³/mol. The lowest BCUT2D eigenvalue weighted by atomic mass is 10.0. The second-order valence-electron chi connectivity index (χ2n) is 7.09. The molecule has 26 heavy (non-hydrogen) atoms. The van der Waals surface area contributed by atoms with E-state index in [0.29, 0.717) is 0 Å². The first-order valence-corrected chi connectivity index (χ1v) is 11.2. The molecule has 0 unspecified atom stereocenters. The minimum absolute atomic E-state index is 0.0247. The Balaban J connectivity index is 2.17. The third kappa shape index (κ3) is 5.59. The highest BCUT2D eigenvalue weighted by atomic mass is 35.5. The van der Waals surface area contributed by atoms with Gasteiger partial charge >= 0.3 is 0 Å². The Kier molecular flexibility index (Phi) is 7.76. The second-order valence-corrected chi connectivity index (χ2v) is 9.56. The van der Waals surface area contributed by atoms with Crippen LogP contribution < -0.4 is 10.0 Å². The first kappa shape index (κ1) is 21.5. The molecule has 1 aromatic rings. The number of nitrogens with one attached hydrogen (secondary N) is 2. The van der Waals surface area contributed by atoms with Gasteiger partial charge in [-0.05, 0) is 30.9 Å². The van der Waals surface area contributed by atoms with E-state index in [1.54, 1.807) is 19.9 Å². The van der Waals surface area contributed by atoms with Crippen molar-refractivity contribution in [3.05, 3.63) is 28.2 Å². The minimum atomic E-state index is -4.03. The number of hydrogen-bond donors (Lipinski definition) is 2. The summed E-state index contributed by atoms with van der Waals surface area (Å²) in [6.07, 6.45) is 6.38. The van der Waals surface area contributed by atoms with E-state index < -0.39 is 16.1 Å². The zero-order valence-corrected chi connectivity index (χ0v) is 17.4. The molecule has 1 amide bonds. The average Bonchev–Trinajstić information content (AvgIpc) is 2.80. The monoisotopic (exact) mass is 420 g/mol. The SMILES string of the molecule is CC(C)[C@H](NS(=O)(=O)c1c(Cl)cccc1Cl)C(=O)NC1CCCCCC1. The van der Waals surface area contributed by atoms with Crippen molar-refractivity contribution in [2.75, 3.05) is 0 Å². The van der Waals surface area contributed by atoms with E-state index in [1.807, 2.05) is 0 Å². The summed E-state index contributed by atoms with van der Waals surface area (Å²) in [5.41, 5.74) is 0. The molecular weight excluding hydrogens is 395 g/mol. The predicted octanol–water partition coefficient (Wildman–Crippen LogP) is 4.14. The molecule has 1 aliphatic rings. The molecule has 2 N–H and O–H groups in total. The maximum absolute atomic E-state index is 12.8. The normalized spacial score (nSPS) is 17.7. The number of amides is 1. The van der Waals surface area contributed by atoms with Crippen LogP contribution in [0.5, 0.6) is 0 Å². The van der Waals surface area contributed by atoms with Crippen molar-refractivity contribution in [3.8, 4) is 0 Å². The molecule has 0 aliphatic heterocycles. The van der Waals surface area contributed by atoms with Crippen LogP contribution in [0.15, 0.2) is 23.1 Å². The molecule has 0 aromatic heterocycles. The molecule has 1 aliphatic carbocycles. The van der Waals surface area contributed by atoms with Gasteiger partial charge in [-0.1, -0.05) is 68.8 Å². The van der Waals surface area contributed by atoms with Crippen molar-refractivity contribution in [1.82, 2.24) is 10.0 Å². The van der Waals surface area contributed by atoms with E-state index in [0.717, 1.165) is 25.7 Å². The van der Waals surface area contributed by atoms with Crippen molar-refractivity contribution < 1.29 is 13.2 Å². The Bertz CT molecular complexity index is 710. The Hall–Kier alpha value is -0.820. The summed E-state index contributed by atoms with van der Waals surface area (Å²) >= 11 is 12.1. The maximum Gasteiger partial charge on any atom is 0.244 e. The fourth-order valence-electron chi connectivity index (χ4n) is 3.17. The van der Waals surface area contributed by atoms with Gasteiger partial charge in [-0.25, -0.2) is 8.42 Å². The van der Waals surface area contributed by atoms with Gasteiger partial charge in [0.2, 0.25) is 15.9 Å². The van der Waals surface area contributed by atoms with Crippen LogP contribution in [0.1, 0.15) is 52.4 Å². The van der Waals surface area contributed by atoms with Crippen LogP contribution in [-0.4, -0.2) is 26.4 Å². The van der Waals surface area contributed by atoms with E-state index in [9.17, 15) is 13.2 Å². The van der Waals surface area contributed by atoms with E-state index in [2.05, 4.69) is 10.0 Å². The number of carbonyl (C=O) groups is 1.